The monoisotopic (exact) mass is 349 g/mol. The van der Waals surface area contributed by atoms with Crippen LogP contribution < -0.4 is 5.32 Å². The Labute approximate surface area is 145 Å². The minimum Gasteiger partial charge on any atom is -0.396 e. The summed E-state index contributed by atoms with van der Waals surface area (Å²) in [7, 11) is 0. The summed E-state index contributed by atoms with van der Waals surface area (Å²) in [6.45, 7) is 2.67. The van der Waals surface area contributed by atoms with Crippen molar-refractivity contribution in [1.82, 2.24) is 19.7 Å². The third kappa shape index (κ3) is 3.52. The number of rotatable bonds is 3. The predicted molar refractivity (Wildman–Crippen MR) is 91.4 cm³/mol. The summed E-state index contributed by atoms with van der Waals surface area (Å²) >= 11 is 6.10. The van der Waals surface area contributed by atoms with Crippen LogP contribution in [0.15, 0.2) is 30.6 Å². The van der Waals surface area contributed by atoms with Crippen molar-refractivity contribution in [2.45, 2.75) is 25.8 Å². The van der Waals surface area contributed by atoms with Gasteiger partial charge in [0.25, 0.3) is 0 Å². The number of carbonyl (C=O) groups is 1. The molecule has 2 N–H and O–H groups in total. The lowest BCUT2D eigenvalue weighted by Crippen LogP contribution is -2.48. The SMILES string of the molecule is CC1CCC(CO)CN1C(=O)Nc1ccn(-c2ncccc2Cl)n1. The zero-order chi connectivity index (χ0) is 17.1. The fraction of sp³-hybridized carbons (Fsp3) is 0.438. The summed E-state index contributed by atoms with van der Waals surface area (Å²) in [6.07, 6.45) is 5.15. The zero-order valence-corrected chi connectivity index (χ0v) is 14.1. The fourth-order valence-electron chi connectivity index (χ4n) is 2.85. The van der Waals surface area contributed by atoms with Crippen molar-refractivity contribution in [3.8, 4) is 5.82 Å². The lowest BCUT2D eigenvalue weighted by Gasteiger charge is -2.37. The molecule has 1 aliphatic heterocycles. The molecule has 1 saturated heterocycles. The van der Waals surface area contributed by atoms with Gasteiger partial charge in [-0.05, 0) is 37.8 Å². The van der Waals surface area contributed by atoms with Gasteiger partial charge in [0.2, 0.25) is 0 Å². The maximum Gasteiger partial charge on any atom is 0.323 e. The highest BCUT2D eigenvalue weighted by Gasteiger charge is 2.28. The minimum absolute atomic E-state index is 0.100. The van der Waals surface area contributed by atoms with Crippen molar-refractivity contribution >= 4 is 23.4 Å². The van der Waals surface area contributed by atoms with Crippen LogP contribution in [-0.4, -0.2) is 50.0 Å². The standard InChI is InChI=1S/C16H20ClN5O2/c1-11-4-5-12(10-23)9-21(11)16(24)19-14-6-8-22(20-14)15-13(17)3-2-7-18-15/h2-3,6-8,11-12,23H,4-5,9-10H2,1H3,(H,19,20,24). The molecule has 2 aromatic heterocycles. The van der Waals surface area contributed by atoms with E-state index in [0.29, 0.717) is 23.2 Å². The van der Waals surface area contributed by atoms with E-state index in [1.165, 1.54) is 4.68 Å². The molecule has 0 aromatic carbocycles. The lowest BCUT2D eigenvalue weighted by molar-refractivity contribution is 0.107. The van der Waals surface area contributed by atoms with Crippen molar-refractivity contribution in [1.29, 1.82) is 0 Å². The second-order valence-electron chi connectivity index (χ2n) is 6.01. The molecule has 0 saturated carbocycles. The summed E-state index contributed by atoms with van der Waals surface area (Å²) in [5.74, 6) is 1.07. The first-order valence-corrected chi connectivity index (χ1v) is 8.31. The Morgan fingerprint density at radius 2 is 2.29 bits per heavy atom. The maximum absolute atomic E-state index is 12.5. The Balaban J connectivity index is 1.70. The van der Waals surface area contributed by atoms with Crippen LogP contribution in [0.5, 0.6) is 0 Å². The number of carbonyl (C=O) groups excluding carboxylic acids is 1. The third-order valence-corrected chi connectivity index (χ3v) is 4.57. The molecule has 8 heteroatoms. The lowest BCUT2D eigenvalue weighted by atomic mass is 9.94. The molecule has 0 aliphatic carbocycles. The molecule has 7 nitrogen and oxygen atoms in total. The molecule has 3 rings (SSSR count). The van der Waals surface area contributed by atoms with Crippen LogP contribution in [0.25, 0.3) is 5.82 Å². The van der Waals surface area contributed by atoms with Crippen LogP contribution in [0.4, 0.5) is 10.6 Å². The fourth-order valence-corrected chi connectivity index (χ4v) is 3.06. The molecule has 1 fully saturated rings. The number of hydrogen-bond donors (Lipinski definition) is 2. The van der Waals surface area contributed by atoms with E-state index in [1.807, 2.05) is 6.92 Å². The van der Waals surface area contributed by atoms with Crippen LogP contribution in [0, 0.1) is 5.92 Å². The number of urea groups is 1. The Morgan fingerprint density at radius 3 is 3.04 bits per heavy atom. The highest BCUT2D eigenvalue weighted by atomic mass is 35.5. The molecule has 2 unspecified atom stereocenters. The molecule has 24 heavy (non-hydrogen) atoms. The molecule has 1 aliphatic rings. The second kappa shape index (κ2) is 7.19. The van der Waals surface area contributed by atoms with Crippen LogP contribution in [0.3, 0.4) is 0 Å². The number of hydrogen-bond acceptors (Lipinski definition) is 4. The van der Waals surface area contributed by atoms with Gasteiger partial charge in [-0.3, -0.25) is 5.32 Å². The third-order valence-electron chi connectivity index (χ3n) is 4.28. The van der Waals surface area contributed by atoms with Gasteiger partial charge in [0.15, 0.2) is 11.6 Å². The first-order valence-electron chi connectivity index (χ1n) is 7.93. The van der Waals surface area contributed by atoms with Gasteiger partial charge in [0.05, 0.1) is 5.02 Å². The highest BCUT2D eigenvalue weighted by Crippen LogP contribution is 2.23. The van der Waals surface area contributed by atoms with Gasteiger partial charge in [-0.1, -0.05) is 11.6 Å². The number of aliphatic hydroxyl groups is 1. The van der Waals surface area contributed by atoms with Gasteiger partial charge in [-0.15, -0.1) is 5.10 Å². The quantitative estimate of drug-likeness (QED) is 0.892. The van der Waals surface area contributed by atoms with E-state index < -0.39 is 0 Å². The van der Waals surface area contributed by atoms with Crippen molar-refractivity contribution in [2.75, 3.05) is 18.5 Å². The number of piperidine rings is 1. The average molecular weight is 350 g/mol. The van der Waals surface area contributed by atoms with Crippen LogP contribution in [-0.2, 0) is 0 Å². The number of nitrogens with one attached hydrogen (secondary N) is 1. The summed E-state index contributed by atoms with van der Waals surface area (Å²) < 4.78 is 1.52. The molecule has 0 spiro atoms. The Hall–Kier alpha value is -2.12. The number of pyridine rings is 1. The van der Waals surface area contributed by atoms with E-state index in [-0.39, 0.29) is 24.6 Å². The van der Waals surface area contributed by atoms with Crippen LogP contribution in [0.2, 0.25) is 5.02 Å². The van der Waals surface area contributed by atoms with Crippen molar-refractivity contribution < 1.29 is 9.90 Å². The van der Waals surface area contributed by atoms with Crippen molar-refractivity contribution in [3.05, 3.63) is 35.6 Å². The molecule has 2 atom stereocenters. The Morgan fingerprint density at radius 1 is 1.46 bits per heavy atom. The van der Waals surface area contributed by atoms with E-state index in [2.05, 4.69) is 15.4 Å². The number of nitrogens with zero attached hydrogens (tertiary/aromatic N) is 4. The van der Waals surface area contributed by atoms with E-state index in [1.54, 1.807) is 35.5 Å². The van der Waals surface area contributed by atoms with E-state index in [0.717, 1.165) is 12.8 Å². The molecule has 0 radical (unpaired) electrons. The van der Waals surface area contributed by atoms with Crippen molar-refractivity contribution in [2.24, 2.45) is 5.92 Å². The normalized spacial score (nSPS) is 20.9. The summed E-state index contributed by atoms with van der Waals surface area (Å²) in [4.78, 5) is 18.4. The van der Waals surface area contributed by atoms with E-state index in [4.69, 9.17) is 11.6 Å². The molecular formula is C16H20ClN5O2. The van der Waals surface area contributed by atoms with E-state index in [9.17, 15) is 9.90 Å². The summed E-state index contributed by atoms with van der Waals surface area (Å²) in [5.41, 5.74) is 0. The van der Waals surface area contributed by atoms with Crippen molar-refractivity contribution in [3.63, 3.8) is 0 Å². The first-order chi connectivity index (χ1) is 11.6. The van der Waals surface area contributed by atoms with Crippen LogP contribution in [0.1, 0.15) is 19.8 Å². The number of aromatic nitrogens is 3. The molecule has 128 valence electrons. The number of likely N-dealkylation sites (tertiary alicyclic amines) is 1. The molecule has 0 bridgehead atoms. The molecular weight excluding hydrogens is 330 g/mol. The number of aliphatic hydroxyl groups excluding tert-OH is 1. The number of anilines is 1. The number of amides is 2. The predicted octanol–water partition coefficient (Wildman–Crippen LogP) is 2.55. The van der Waals surface area contributed by atoms with Gasteiger partial charge in [0.1, 0.15) is 0 Å². The number of halogens is 1. The second-order valence-corrected chi connectivity index (χ2v) is 6.42. The summed E-state index contributed by atoms with van der Waals surface area (Å²) in [6, 6.07) is 5.10. The largest absolute Gasteiger partial charge is 0.396 e. The molecule has 2 aromatic rings. The Kier molecular flexibility index (Phi) is 5.01. The van der Waals surface area contributed by atoms with Gasteiger partial charge < -0.3 is 10.0 Å². The molecule has 3 heterocycles. The Bertz CT molecular complexity index is 720. The topological polar surface area (TPSA) is 83.3 Å². The summed E-state index contributed by atoms with van der Waals surface area (Å²) in [5, 5.41) is 16.9. The van der Waals surface area contributed by atoms with Gasteiger partial charge >= 0.3 is 6.03 Å². The van der Waals surface area contributed by atoms with E-state index >= 15 is 0 Å². The zero-order valence-electron chi connectivity index (χ0n) is 13.4. The molecule has 2 amide bonds. The maximum atomic E-state index is 12.5. The first kappa shape index (κ1) is 16.7. The van der Waals surface area contributed by atoms with Gasteiger partial charge in [-0.25, -0.2) is 14.5 Å². The average Bonchev–Trinajstić information content (AvgIpc) is 3.04. The van der Waals surface area contributed by atoms with Gasteiger partial charge in [-0.2, -0.15) is 0 Å². The highest BCUT2D eigenvalue weighted by molar-refractivity contribution is 6.32. The van der Waals surface area contributed by atoms with Gasteiger partial charge in [0, 0.05) is 37.7 Å². The smallest absolute Gasteiger partial charge is 0.323 e. The minimum atomic E-state index is -0.210. The van der Waals surface area contributed by atoms with Crippen LogP contribution >= 0.6 is 11.6 Å².